The largest absolute Gasteiger partial charge is 0.496 e. The van der Waals surface area contributed by atoms with Crippen molar-refractivity contribution in [2.75, 3.05) is 7.11 Å². The van der Waals surface area contributed by atoms with Crippen molar-refractivity contribution in [3.63, 3.8) is 0 Å². The van der Waals surface area contributed by atoms with Gasteiger partial charge in [0, 0.05) is 15.6 Å². The smallest absolute Gasteiger partial charge is 0.146 e. The summed E-state index contributed by atoms with van der Waals surface area (Å²) >= 11 is 3.47. The highest BCUT2D eigenvalue weighted by atomic mass is 79.9. The van der Waals surface area contributed by atoms with E-state index in [4.69, 9.17) is 4.74 Å². The van der Waals surface area contributed by atoms with Gasteiger partial charge in [-0.15, -0.1) is 5.54 Å². The summed E-state index contributed by atoms with van der Waals surface area (Å²) in [6.07, 6.45) is -0.750. The molecule has 4 heteroatoms. The second kappa shape index (κ2) is 9.98. The fourth-order valence-electron chi connectivity index (χ4n) is 4.46. The minimum absolute atomic E-state index is 0.611. The van der Waals surface area contributed by atoms with Gasteiger partial charge in [0.2, 0.25) is 0 Å². The molecule has 156 valence electrons. The van der Waals surface area contributed by atoms with Crippen molar-refractivity contribution in [1.29, 1.82) is 0 Å². The highest BCUT2D eigenvalue weighted by molar-refractivity contribution is 9.10. The van der Waals surface area contributed by atoms with Gasteiger partial charge in [0.1, 0.15) is 19.9 Å². The number of hydrogen-bond donors (Lipinski definition) is 1. The van der Waals surface area contributed by atoms with Crippen LogP contribution in [0.5, 0.6) is 5.75 Å². The lowest BCUT2D eigenvalue weighted by atomic mass is 9.99. The van der Waals surface area contributed by atoms with Crippen LogP contribution >= 0.6 is 15.9 Å². The Morgan fingerprint density at radius 1 is 0.897 bits per heavy atom. The van der Waals surface area contributed by atoms with Gasteiger partial charge in [0.15, 0.2) is 0 Å². The molecule has 1 atom stereocenters. The number of halogens is 1. The molecule has 0 spiro atoms. The molecule has 0 fully saturated rings. The normalized spacial score (nSPS) is 12.8. The molecule has 1 unspecified atom stereocenters. The Hall–Kier alpha value is -1.54. The second-order valence-electron chi connectivity index (χ2n) is 8.56. The van der Waals surface area contributed by atoms with Gasteiger partial charge in [-0.2, -0.15) is 0 Å². The minimum Gasteiger partial charge on any atom is -0.496 e. The fourth-order valence-corrected chi connectivity index (χ4v) is 10.1. The van der Waals surface area contributed by atoms with E-state index in [1.165, 1.54) is 0 Å². The number of hydrogen-bond acceptors (Lipinski definition) is 2. The summed E-state index contributed by atoms with van der Waals surface area (Å²) in [4.78, 5) is 0. The van der Waals surface area contributed by atoms with Crippen molar-refractivity contribution in [2.45, 2.75) is 64.3 Å². The average molecular weight is 474 g/mol. The summed E-state index contributed by atoms with van der Waals surface area (Å²) in [5.74, 6) is 4.14. The van der Waals surface area contributed by atoms with E-state index in [-0.39, 0.29) is 0 Å². The van der Waals surface area contributed by atoms with Gasteiger partial charge in [-0.25, -0.2) is 0 Å². The number of aliphatic hydroxyl groups excluding tert-OH is 1. The van der Waals surface area contributed by atoms with Crippen LogP contribution in [0.2, 0.25) is 16.6 Å². The van der Waals surface area contributed by atoms with Gasteiger partial charge in [-0.05, 0) is 52.5 Å². The highest BCUT2D eigenvalue weighted by Gasteiger charge is 2.41. The van der Waals surface area contributed by atoms with Gasteiger partial charge in [-0.1, -0.05) is 75.5 Å². The molecule has 0 bridgehead atoms. The maximum Gasteiger partial charge on any atom is 0.146 e. The number of rotatable bonds is 6. The summed E-state index contributed by atoms with van der Waals surface area (Å²) < 4.78 is 6.32. The van der Waals surface area contributed by atoms with E-state index >= 15 is 0 Å². The minimum atomic E-state index is -1.75. The van der Waals surface area contributed by atoms with Gasteiger partial charge >= 0.3 is 0 Å². The van der Waals surface area contributed by atoms with E-state index in [1.807, 2.05) is 42.5 Å². The zero-order valence-corrected chi connectivity index (χ0v) is 21.2. The zero-order chi connectivity index (χ0) is 21.8. The van der Waals surface area contributed by atoms with Crippen LogP contribution in [0.3, 0.4) is 0 Å². The molecule has 0 saturated carbocycles. The molecule has 29 heavy (non-hydrogen) atoms. The number of ether oxygens (including phenoxy) is 1. The van der Waals surface area contributed by atoms with E-state index in [2.05, 4.69) is 68.9 Å². The molecule has 0 aliphatic rings. The SMILES string of the molecule is COc1ccc(Br)cc1C(O)c1ccc(C#C[Si](C(C)C)(C(C)C)C(C)C)cc1. The van der Waals surface area contributed by atoms with E-state index < -0.39 is 14.2 Å². The van der Waals surface area contributed by atoms with E-state index in [0.717, 1.165) is 21.2 Å². The molecule has 2 aromatic carbocycles. The van der Waals surface area contributed by atoms with E-state index in [9.17, 15) is 5.11 Å². The fraction of sp³-hybridized carbons (Fsp3) is 0.440. The summed E-state index contributed by atoms with van der Waals surface area (Å²) in [7, 11) is -0.132. The predicted octanol–water partition coefficient (Wildman–Crippen LogP) is 7.11. The second-order valence-corrected chi connectivity index (χ2v) is 15.1. The van der Waals surface area contributed by atoms with Crippen LogP contribution in [0.15, 0.2) is 46.9 Å². The van der Waals surface area contributed by atoms with Crippen molar-refractivity contribution in [3.05, 3.63) is 63.6 Å². The van der Waals surface area contributed by atoms with Crippen molar-refractivity contribution >= 4 is 24.0 Å². The summed E-state index contributed by atoms with van der Waals surface area (Å²) in [5.41, 5.74) is 8.16. The zero-order valence-electron chi connectivity index (χ0n) is 18.6. The van der Waals surface area contributed by atoms with Crippen molar-refractivity contribution in [2.24, 2.45) is 0 Å². The van der Waals surface area contributed by atoms with E-state index in [0.29, 0.717) is 22.4 Å². The Morgan fingerprint density at radius 3 is 1.93 bits per heavy atom. The van der Waals surface area contributed by atoms with Crippen LogP contribution < -0.4 is 4.74 Å². The lowest BCUT2D eigenvalue weighted by molar-refractivity contribution is 0.214. The molecule has 0 aromatic heterocycles. The van der Waals surface area contributed by atoms with Crippen LogP contribution in [0.4, 0.5) is 0 Å². The van der Waals surface area contributed by atoms with Gasteiger partial charge in [0.25, 0.3) is 0 Å². The Bertz CT molecular complexity index is 854. The third kappa shape index (κ3) is 5.15. The molecule has 0 aliphatic carbocycles. The topological polar surface area (TPSA) is 29.5 Å². The molecular weight excluding hydrogens is 440 g/mol. The molecule has 0 radical (unpaired) electrons. The number of methoxy groups -OCH3 is 1. The molecule has 2 rings (SSSR count). The highest BCUT2D eigenvalue weighted by Crippen LogP contribution is 2.40. The van der Waals surface area contributed by atoms with Gasteiger partial charge in [-0.3, -0.25) is 0 Å². The van der Waals surface area contributed by atoms with Crippen molar-refractivity contribution in [1.82, 2.24) is 0 Å². The first-order valence-electron chi connectivity index (χ1n) is 10.3. The Morgan fingerprint density at radius 2 is 1.45 bits per heavy atom. The molecule has 2 nitrogen and oxygen atoms in total. The molecule has 0 aliphatic heterocycles. The monoisotopic (exact) mass is 472 g/mol. The van der Waals surface area contributed by atoms with Crippen LogP contribution in [-0.2, 0) is 0 Å². The Balaban J connectivity index is 2.35. The predicted molar refractivity (Wildman–Crippen MR) is 129 cm³/mol. The summed E-state index contributed by atoms with van der Waals surface area (Å²) in [6, 6.07) is 13.6. The lowest BCUT2D eigenvalue weighted by Crippen LogP contribution is -2.43. The molecule has 1 N–H and O–H groups in total. The molecule has 0 heterocycles. The summed E-state index contributed by atoms with van der Waals surface area (Å²) in [6.45, 7) is 14.0. The summed E-state index contributed by atoms with van der Waals surface area (Å²) in [5, 5.41) is 10.9. The first kappa shape index (κ1) is 23.7. The molecule has 2 aromatic rings. The number of benzene rings is 2. The van der Waals surface area contributed by atoms with Crippen LogP contribution in [-0.4, -0.2) is 20.3 Å². The van der Waals surface area contributed by atoms with Gasteiger partial charge < -0.3 is 9.84 Å². The van der Waals surface area contributed by atoms with Gasteiger partial charge in [0.05, 0.1) is 7.11 Å². The third-order valence-corrected chi connectivity index (χ3v) is 12.8. The third-order valence-electron chi connectivity index (χ3n) is 6.00. The van der Waals surface area contributed by atoms with Crippen molar-refractivity contribution < 1.29 is 9.84 Å². The maximum absolute atomic E-state index is 10.9. The first-order chi connectivity index (χ1) is 13.6. The molecule has 0 amide bonds. The van der Waals surface area contributed by atoms with Crippen LogP contribution in [0.25, 0.3) is 0 Å². The molecular formula is C25H33BrO2Si. The standard InChI is InChI=1S/C25H33BrO2Si/c1-17(2)29(18(3)4,19(5)6)15-14-20-8-10-21(11-9-20)25(27)23-16-22(26)12-13-24(23)28-7/h8-13,16-19,25,27H,1-7H3. The quantitative estimate of drug-likeness (QED) is 0.358. The average Bonchev–Trinajstić information content (AvgIpc) is 2.67. The lowest BCUT2D eigenvalue weighted by Gasteiger charge is -2.38. The van der Waals surface area contributed by atoms with E-state index in [1.54, 1.807) is 7.11 Å². The Kier molecular flexibility index (Phi) is 8.16. The van der Waals surface area contributed by atoms with Crippen molar-refractivity contribution in [3.8, 4) is 17.2 Å². The van der Waals surface area contributed by atoms with Crippen LogP contribution in [0, 0.1) is 11.5 Å². The van der Waals surface area contributed by atoms with Crippen LogP contribution in [0.1, 0.15) is 64.3 Å². The number of aliphatic hydroxyl groups is 1. The first-order valence-corrected chi connectivity index (χ1v) is 13.3. The maximum atomic E-state index is 10.9. The molecule has 0 saturated heterocycles. The Labute approximate surface area is 185 Å².